The third kappa shape index (κ3) is 1.69. The minimum Gasteiger partial charge on any atom is -0.497 e. The molecule has 0 spiro atoms. The van der Waals surface area contributed by atoms with Crippen LogP contribution in [0, 0.1) is 0 Å². The summed E-state index contributed by atoms with van der Waals surface area (Å²) < 4.78 is 5.13. The first-order valence-corrected chi connectivity index (χ1v) is 5.56. The number of benzene rings is 1. The molecule has 1 heterocycles. The van der Waals surface area contributed by atoms with Crippen molar-refractivity contribution >= 4 is 0 Å². The van der Waals surface area contributed by atoms with Crippen molar-refractivity contribution in [3.8, 4) is 17.0 Å². The van der Waals surface area contributed by atoms with Gasteiger partial charge < -0.3 is 9.72 Å². The van der Waals surface area contributed by atoms with E-state index in [0.29, 0.717) is 5.92 Å². The molecule has 3 rings (SSSR count). The molecule has 3 heteroatoms. The second-order valence-corrected chi connectivity index (χ2v) is 4.18. The predicted octanol–water partition coefficient (Wildman–Crippen LogP) is 2.96. The molecule has 16 heavy (non-hydrogen) atoms. The van der Waals surface area contributed by atoms with E-state index in [1.807, 2.05) is 30.5 Å². The van der Waals surface area contributed by atoms with Crippen molar-refractivity contribution in [2.24, 2.45) is 0 Å². The first-order chi connectivity index (χ1) is 7.86. The number of H-pyrrole nitrogens is 1. The number of hydrogen-bond donors (Lipinski definition) is 1. The molecule has 1 saturated carbocycles. The molecule has 1 fully saturated rings. The fourth-order valence-corrected chi connectivity index (χ4v) is 1.82. The lowest BCUT2D eigenvalue weighted by molar-refractivity contribution is 0.415. The van der Waals surface area contributed by atoms with Gasteiger partial charge in [-0.25, -0.2) is 4.98 Å². The molecule has 0 amide bonds. The van der Waals surface area contributed by atoms with Crippen LogP contribution >= 0.6 is 0 Å². The zero-order valence-corrected chi connectivity index (χ0v) is 9.23. The number of nitrogens with zero attached hydrogens (tertiary/aromatic N) is 1. The molecule has 1 aromatic heterocycles. The Bertz CT molecular complexity index is 483. The summed E-state index contributed by atoms with van der Waals surface area (Å²) >= 11 is 0. The van der Waals surface area contributed by atoms with Gasteiger partial charge in [-0.05, 0) is 42.7 Å². The first-order valence-electron chi connectivity index (χ1n) is 5.56. The zero-order valence-electron chi connectivity index (χ0n) is 9.23. The fourth-order valence-electron chi connectivity index (χ4n) is 1.82. The smallest absolute Gasteiger partial charge is 0.118 e. The van der Waals surface area contributed by atoms with Crippen molar-refractivity contribution in [3.05, 3.63) is 36.3 Å². The van der Waals surface area contributed by atoms with Gasteiger partial charge in [0.2, 0.25) is 0 Å². The Morgan fingerprint density at radius 1 is 1.25 bits per heavy atom. The van der Waals surface area contributed by atoms with Crippen LogP contribution in [0.4, 0.5) is 0 Å². The van der Waals surface area contributed by atoms with Crippen molar-refractivity contribution in [1.82, 2.24) is 9.97 Å². The van der Waals surface area contributed by atoms with E-state index in [2.05, 4.69) is 9.97 Å². The van der Waals surface area contributed by atoms with E-state index in [4.69, 9.17) is 4.74 Å². The summed E-state index contributed by atoms with van der Waals surface area (Å²) in [6, 6.07) is 8.02. The molecule has 0 radical (unpaired) electrons. The van der Waals surface area contributed by atoms with Gasteiger partial charge in [0.25, 0.3) is 0 Å². The van der Waals surface area contributed by atoms with Crippen LogP contribution in [0.25, 0.3) is 11.3 Å². The molecular weight excluding hydrogens is 200 g/mol. The number of methoxy groups -OCH3 is 1. The number of ether oxygens (including phenoxy) is 1. The molecule has 2 aromatic rings. The first kappa shape index (κ1) is 9.46. The van der Waals surface area contributed by atoms with E-state index in [-0.39, 0.29) is 0 Å². The molecule has 82 valence electrons. The average molecular weight is 214 g/mol. The van der Waals surface area contributed by atoms with E-state index in [1.165, 1.54) is 12.8 Å². The van der Waals surface area contributed by atoms with Gasteiger partial charge in [0.05, 0.1) is 19.0 Å². The Labute approximate surface area is 94.5 Å². The highest BCUT2D eigenvalue weighted by molar-refractivity contribution is 5.59. The Morgan fingerprint density at radius 2 is 2.00 bits per heavy atom. The average Bonchev–Trinajstić information content (AvgIpc) is 3.08. The van der Waals surface area contributed by atoms with Gasteiger partial charge >= 0.3 is 0 Å². The van der Waals surface area contributed by atoms with Crippen molar-refractivity contribution < 1.29 is 4.74 Å². The van der Waals surface area contributed by atoms with Crippen LogP contribution in [0.2, 0.25) is 0 Å². The van der Waals surface area contributed by atoms with Gasteiger partial charge in [0, 0.05) is 5.92 Å². The number of hydrogen-bond acceptors (Lipinski definition) is 2. The monoisotopic (exact) mass is 214 g/mol. The van der Waals surface area contributed by atoms with Crippen molar-refractivity contribution in [1.29, 1.82) is 0 Å². The summed E-state index contributed by atoms with van der Waals surface area (Å²) in [5.41, 5.74) is 2.24. The van der Waals surface area contributed by atoms with Crippen molar-refractivity contribution in [2.75, 3.05) is 7.11 Å². The van der Waals surface area contributed by atoms with Crippen molar-refractivity contribution in [2.45, 2.75) is 18.8 Å². The van der Waals surface area contributed by atoms with Crippen LogP contribution in [0.3, 0.4) is 0 Å². The molecule has 3 nitrogen and oxygen atoms in total. The van der Waals surface area contributed by atoms with Crippen LogP contribution in [0.1, 0.15) is 24.6 Å². The zero-order chi connectivity index (χ0) is 11.0. The number of aromatic nitrogens is 2. The molecule has 1 N–H and O–H groups in total. The summed E-state index contributed by atoms with van der Waals surface area (Å²) in [7, 11) is 1.68. The van der Waals surface area contributed by atoms with E-state index < -0.39 is 0 Å². The second kappa shape index (κ2) is 3.67. The maximum atomic E-state index is 5.13. The third-order valence-electron chi connectivity index (χ3n) is 2.96. The molecule has 0 saturated heterocycles. The van der Waals surface area contributed by atoms with Crippen LogP contribution in [0.15, 0.2) is 30.5 Å². The molecular formula is C13H14N2O. The maximum Gasteiger partial charge on any atom is 0.118 e. The minimum atomic E-state index is 0.673. The quantitative estimate of drug-likeness (QED) is 0.853. The highest BCUT2D eigenvalue weighted by Crippen LogP contribution is 2.38. The number of imidazole rings is 1. The SMILES string of the molecule is COc1ccc(-c2cnc(C3CC3)[nH]2)cc1. The van der Waals surface area contributed by atoms with Gasteiger partial charge in [-0.15, -0.1) is 0 Å². The summed E-state index contributed by atoms with van der Waals surface area (Å²) in [5, 5.41) is 0. The van der Waals surface area contributed by atoms with Gasteiger partial charge in [-0.1, -0.05) is 0 Å². The van der Waals surface area contributed by atoms with Crippen LogP contribution in [0.5, 0.6) is 5.75 Å². The summed E-state index contributed by atoms with van der Waals surface area (Å²) in [4.78, 5) is 7.79. The second-order valence-electron chi connectivity index (χ2n) is 4.18. The molecule has 0 unspecified atom stereocenters. The van der Waals surface area contributed by atoms with Crippen LogP contribution in [-0.2, 0) is 0 Å². The Morgan fingerprint density at radius 3 is 2.62 bits per heavy atom. The normalized spacial score (nSPS) is 15.1. The Hall–Kier alpha value is -1.77. The Kier molecular flexibility index (Phi) is 2.17. The molecule has 0 bridgehead atoms. The van der Waals surface area contributed by atoms with E-state index >= 15 is 0 Å². The summed E-state index contributed by atoms with van der Waals surface area (Å²) in [5.74, 6) is 2.68. The molecule has 0 aliphatic heterocycles. The van der Waals surface area contributed by atoms with Gasteiger partial charge in [-0.3, -0.25) is 0 Å². The Balaban J connectivity index is 1.88. The molecule has 0 atom stereocenters. The highest BCUT2D eigenvalue weighted by Gasteiger charge is 2.26. The summed E-state index contributed by atoms with van der Waals surface area (Å²) in [6.45, 7) is 0. The standard InChI is InChI=1S/C13H14N2O/c1-16-11-6-4-9(5-7-11)12-8-14-13(15-12)10-2-3-10/h4-8,10H,2-3H2,1H3,(H,14,15). The molecule has 1 aromatic carbocycles. The number of nitrogens with one attached hydrogen (secondary N) is 1. The lowest BCUT2D eigenvalue weighted by Crippen LogP contribution is -1.84. The lowest BCUT2D eigenvalue weighted by Gasteiger charge is -2.00. The molecule has 1 aliphatic carbocycles. The van der Waals surface area contributed by atoms with Crippen LogP contribution in [-0.4, -0.2) is 17.1 Å². The lowest BCUT2D eigenvalue weighted by atomic mass is 10.2. The minimum absolute atomic E-state index is 0.673. The highest BCUT2D eigenvalue weighted by atomic mass is 16.5. The van der Waals surface area contributed by atoms with Crippen molar-refractivity contribution in [3.63, 3.8) is 0 Å². The largest absolute Gasteiger partial charge is 0.497 e. The maximum absolute atomic E-state index is 5.13. The van der Waals surface area contributed by atoms with E-state index in [0.717, 1.165) is 22.8 Å². The van der Waals surface area contributed by atoms with Crippen LogP contribution < -0.4 is 4.74 Å². The van der Waals surface area contributed by atoms with Gasteiger partial charge in [0.15, 0.2) is 0 Å². The predicted molar refractivity (Wildman–Crippen MR) is 62.6 cm³/mol. The molecule has 1 aliphatic rings. The fraction of sp³-hybridized carbons (Fsp3) is 0.308. The topological polar surface area (TPSA) is 37.9 Å². The summed E-state index contributed by atoms with van der Waals surface area (Å²) in [6.07, 6.45) is 4.46. The number of rotatable bonds is 3. The van der Waals surface area contributed by atoms with E-state index in [9.17, 15) is 0 Å². The van der Waals surface area contributed by atoms with E-state index in [1.54, 1.807) is 7.11 Å². The van der Waals surface area contributed by atoms with Gasteiger partial charge in [-0.2, -0.15) is 0 Å². The number of aromatic amines is 1. The van der Waals surface area contributed by atoms with Gasteiger partial charge in [0.1, 0.15) is 11.6 Å². The third-order valence-corrected chi connectivity index (χ3v) is 2.96.